The number of aryl methyl sites for hydroxylation is 1. The van der Waals surface area contributed by atoms with Gasteiger partial charge < -0.3 is 10.1 Å². The third kappa shape index (κ3) is 4.66. The van der Waals surface area contributed by atoms with Gasteiger partial charge in [-0.05, 0) is 48.6 Å². The van der Waals surface area contributed by atoms with Crippen molar-refractivity contribution in [3.63, 3.8) is 0 Å². The Hall–Kier alpha value is -1.37. The van der Waals surface area contributed by atoms with Gasteiger partial charge in [-0.1, -0.05) is 17.7 Å². The predicted octanol–water partition coefficient (Wildman–Crippen LogP) is 3.27. The molecule has 1 aromatic heterocycles. The van der Waals surface area contributed by atoms with Gasteiger partial charge in [0.25, 0.3) is 0 Å². The first kappa shape index (κ1) is 14.0. The lowest BCUT2D eigenvalue weighted by molar-refractivity contribution is 0.303. The third-order valence-electron chi connectivity index (χ3n) is 2.52. The van der Waals surface area contributed by atoms with Crippen LogP contribution in [-0.2, 0) is 0 Å². The number of benzene rings is 1. The summed E-state index contributed by atoms with van der Waals surface area (Å²) < 4.78 is 6.72. The van der Waals surface area contributed by atoms with E-state index in [4.69, 9.17) is 4.74 Å². The van der Waals surface area contributed by atoms with Gasteiger partial charge in [-0.2, -0.15) is 0 Å². The summed E-state index contributed by atoms with van der Waals surface area (Å²) in [5, 5.41) is 3.20. The minimum absolute atomic E-state index is 0.140. The highest BCUT2D eigenvalue weighted by Gasteiger charge is 2.05. The van der Waals surface area contributed by atoms with Crippen LogP contribution < -0.4 is 10.1 Å². The van der Waals surface area contributed by atoms with Crippen molar-refractivity contribution in [3.05, 3.63) is 45.8 Å². The molecule has 1 heterocycles. The van der Waals surface area contributed by atoms with Gasteiger partial charge in [0.1, 0.15) is 12.4 Å². The molecular weight excluding hydrogens is 353 g/mol. The lowest BCUT2D eigenvalue weighted by atomic mass is 10.2. The zero-order valence-electron chi connectivity index (χ0n) is 10.9. The second kappa shape index (κ2) is 6.70. The third-order valence-corrected chi connectivity index (χ3v) is 3.07. The molecule has 0 saturated heterocycles. The molecule has 0 aliphatic rings. The molecule has 0 spiro atoms. The largest absolute Gasteiger partial charge is 0.491 e. The first-order valence-corrected chi connectivity index (χ1v) is 7.15. The zero-order chi connectivity index (χ0) is 13.7. The van der Waals surface area contributed by atoms with Gasteiger partial charge in [-0.15, -0.1) is 0 Å². The van der Waals surface area contributed by atoms with Crippen molar-refractivity contribution in [2.45, 2.75) is 19.9 Å². The van der Waals surface area contributed by atoms with Crippen LogP contribution >= 0.6 is 22.6 Å². The molecule has 0 aliphatic heterocycles. The summed E-state index contributed by atoms with van der Waals surface area (Å²) in [6, 6.07) is 8.17. The van der Waals surface area contributed by atoms with Crippen molar-refractivity contribution in [1.82, 2.24) is 9.97 Å². The van der Waals surface area contributed by atoms with Crippen LogP contribution in [0, 0.1) is 10.5 Å². The normalized spacial score (nSPS) is 11.9. The number of nitrogens with zero attached hydrogens (tertiary/aromatic N) is 2. The van der Waals surface area contributed by atoms with Gasteiger partial charge in [0, 0.05) is 16.0 Å². The summed E-state index contributed by atoms with van der Waals surface area (Å²) in [5.41, 5.74) is 1.23. The van der Waals surface area contributed by atoms with E-state index in [1.54, 1.807) is 12.4 Å². The average molecular weight is 369 g/mol. The Morgan fingerprint density at radius 1 is 1.21 bits per heavy atom. The van der Waals surface area contributed by atoms with Crippen LogP contribution in [0.5, 0.6) is 5.75 Å². The van der Waals surface area contributed by atoms with Gasteiger partial charge in [-0.25, -0.2) is 9.97 Å². The van der Waals surface area contributed by atoms with Gasteiger partial charge in [0.2, 0.25) is 5.95 Å². The molecule has 4 nitrogen and oxygen atoms in total. The molecule has 2 rings (SSSR count). The number of nitrogens with one attached hydrogen (secondary N) is 1. The Balaban J connectivity index is 1.82. The zero-order valence-corrected chi connectivity index (χ0v) is 13.1. The van der Waals surface area contributed by atoms with E-state index in [0.29, 0.717) is 12.6 Å². The van der Waals surface area contributed by atoms with Crippen LogP contribution in [0.1, 0.15) is 12.5 Å². The Kier molecular flexibility index (Phi) is 4.95. The first-order valence-electron chi connectivity index (χ1n) is 6.07. The lowest BCUT2D eigenvalue weighted by Crippen LogP contribution is -2.24. The number of anilines is 1. The van der Waals surface area contributed by atoms with E-state index in [-0.39, 0.29) is 6.04 Å². The van der Waals surface area contributed by atoms with E-state index >= 15 is 0 Å². The number of halogens is 1. The standard InChI is InChI=1S/C14H16IN3O/c1-10-3-5-13(6-4-10)19-9-11(2)18-14-16-7-12(15)8-17-14/h3-8,11H,9H2,1-2H3,(H,16,17,18). The second-order valence-electron chi connectivity index (χ2n) is 4.39. The van der Waals surface area contributed by atoms with Crippen LogP contribution in [0.3, 0.4) is 0 Å². The van der Waals surface area contributed by atoms with Crippen molar-refractivity contribution in [2.24, 2.45) is 0 Å². The molecule has 100 valence electrons. The van der Waals surface area contributed by atoms with E-state index in [1.165, 1.54) is 5.56 Å². The van der Waals surface area contributed by atoms with E-state index in [2.05, 4.69) is 44.8 Å². The first-order chi connectivity index (χ1) is 9.13. The molecule has 19 heavy (non-hydrogen) atoms. The fraction of sp³-hybridized carbons (Fsp3) is 0.286. The monoisotopic (exact) mass is 369 g/mol. The quantitative estimate of drug-likeness (QED) is 0.822. The van der Waals surface area contributed by atoms with E-state index in [1.807, 2.05) is 31.2 Å². The number of ether oxygens (including phenoxy) is 1. The summed E-state index contributed by atoms with van der Waals surface area (Å²) in [4.78, 5) is 8.40. The molecule has 1 atom stereocenters. The molecule has 0 bridgehead atoms. The maximum absolute atomic E-state index is 5.70. The molecule has 1 unspecified atom stereocenters. The Bertz CT molecular complexity index is 513. The molecule has 1 N–H and O–H groups in total. The molecule has 0 amide bonds. The Morgan fingerprint density at radius 2 is 1.84 bits per heavy atom. The molecule has 1 aromatic carbocycles. The fourth-order valence-corrected chi connectivity index (χ4v) is 1.78. The minimum atomic E-state index is 0.140. The van der Waals surface area contributed by atoms with E-state index in [9.17, 15) is 0 Å². The molecular formula is C14H16IN3O. The summed E-state index contributed by atoms with van der Waals surface area (Å²) in [6.45, 7) is 4.66. The molecule has 0 fully saturated rings. The lowest BCUT2D eigenvalue weighted by Gasteiger charge is -2.14. The van der Waals surface area contributed by atoms with Crippen molar-refractivity contribution in [1.29, 1.82) is 0 Å². The fourth-order valence-electron chi connectivity index (χ4n) is 1.50. The molecule has 2 aromatic rings. The Labute approximate surface area is 126 Å². The topological polar surface area (TPSA) is 47.0 Å². The van der Waals surface area contributed by atoms with Crippen molar-refractivity contribution in [2.75, 3.05) is 11.9 Å². The summed E-state index contributed by atoms with van der Waals surface area (Å²) in [5.74, 6) is 1.50. The minimum Gasteiger partial charge on any atom is -0.491 e. The number of hydrogen-bond acceptors (Lipinski definition) is 4. The van der Waals surface area contributed by atoms with E-state index in [0.717, 1.165) is 9.32 Å². The van der Waals surface area contributed by atoms with Crippen molar-refractivity contribution < 1.29 is 4.74 Å². The summed E-state index contributed by atoms with van der Waals surface area (Å²) in [6.07, 6.45) is 3.56. The van der Waals surface area contributed by atoms with Crippen LogP contribution in [0.15, 0.2) is 36.7 Å². The molecule has 0 radical (unpaired) electrons. The Morgan fingerprint density at radius 3 is 2.47 bits per heavy atom. The van der Waals surface area contributed by atoms with Crippen molar-refractivity contribution >= 4 is 28.5 Å². The van der Waals surface area contributed by atoms with Crippen LogP contribution in [0.4, 0.5) is 5.95 Å². The van der Waals surface area contributed by atoms with Crippen LogP contribution in [-0.4, -0.2) is 22.6 Å². The highest BCUT2D eigenvalue weighted by atomic mass is 127. The number of hydrogen-bond donors (Lipinski definition) is 1. The summed E-state index contributed by atoms with van der Waals surface area (Å²) in [7, 11) is 0. The van der Waals surface area contributed by atoms with Crippen LogP contribution in [0.2, 0.25) is 0 Å². The average Bonchev–Trinajstić information content (AvgIpc) is 2.41. The molecule has 0 aliphatic carbocycles. The SMILES string of the molecule is Cc1ccc(OCC(C)Nc2ncc(I)cn2)cc1. The number of rotatable bonds is 5. The van der Waals surface area contributed by atoms with Crippen molar-refractivity contribution in [3.8, 4) is 5.75 Å². The highest BCUT2D eigenvalue weighted by molar-refractivity contribution is 14.1. The molecule has 0 saturated carbocycles. The van der Waals surface area contributed by atoms with E-state index < -0.39 is 0 Å². The van der Waals surface area contributed by atoms with Gasteiger partial charge >= 0.3 is 0 Å². The maximum atomic E-state index is 5.70. The van der Waals surface area contributed by atoms with Gasteiger partial charge in [0.05, 0.1) is 6.04 Å². The highest BCUT2D eigenvalue weighted by Crippen LogP contribution is 2.12. The predicted molar refractivity (Wildman–Crippen MR) is 84.5 cm³/mol. The maximum Gasteiger partial charge on any atom is 0.222 e. The van der Waals surface area contributed by atoms with Gasteiger partial charge in [-0.3, -0.25) is 0 Å². The summed E-state index contributed by atoms with van der Waals surface area (Å²) >= 11 is 2.18. The molecule has 5 heteroatoms. The number of aromatic nitrogens is 2. The smallest absolute Gasteiger partial charge is 0.222 e. The van der Waals surface area contributed by atoms with Gasteiger partial charge in [0.15, 0.2) is 0 Å². The second-order valence-corrected chi connectivity index (χ2v) is 5.64. The van der Waals surface area contributed by atoms with Crippen LogP contribution in [0.25, 0.3) is 0 Å².